The molecule has 0 aliphatic heterocycles. The van der Waals surface area contributed by atoms with Crippen molar-refractivity contribution >= 4 is 17.8 Å². The molecule has 108 valence electrons. The number of amides is 1. The third-order valence-electron chi connectivity index (χ3n) is 2.90. The predicted molar refractivity (Wildman–Crippen MR) is 71.4 cm³/mol. The number of carbonyl (C=O) groups is 3. The Kier molecular flexibility index (Phi) is 5.71. The molecule has 1 unspecified atom stereocenters. The van der Waals surface area contributed by atoms with Crippen LogP contribution in [0.4, 0.5) is 0 Å². The van der Waals surface area contributed by atoms with Crippen molar-refractivity contribution in [3.8, 4) is 0 Å². The molecular formula is C14H17NO5. The van der Waals surface area contributed by atoms with Gasteiger partial charge in [0.15, 0.2) is 0 Å². The molecule has 6 heteroatoms. The average molecular weight is 279 g/mol. The summed E-state index contributed by atoms with van der Waals surface area (Å²) < 4.78 is 0. The molecule has 1 aromatic rings. The number of rotatable bonds is 7. The zero-order chi connectivity index (χ0) is 15.1. The molecule has 2 N–H and O–H groups in total. The van der Waals surface area contributed by atoms with E-state index < -0.39 is 23.9 Å². The van der Waals surface area contributed by atoms with Crippen LogP contribution in [-0.4, -0.2) is 45.5 Å². The summed E-state index contributed by atoms with van der Waals surface area (Å²) in [7, 11) is 0. The van der Waals surface area contributed by atoms with Crippen molar-refractivity contribution < 1.29 is 24.6 Å². The fourth-order valence-electron chi connectivity index (χ4n) is 1.89. The van der Waals surface area contributed by atoms with E-state index in [0.717, 1.165) is 4.90 Å². The lowest BCUT2D eigenvalue weighted by molar-refractivity contribution is -0.144. The first kappa shape index (κ1) is 15.7. The Hall–Kier alpha value is -2.37. The molecule has 0 heterocycles. The second-order valence-corrected chi connectivity index (χ2v) is 4.27. The van der Waals surface area contributed by atoms with E-state index >= 15 is 0 Å². The van der Waals surface area contributed by atoms with Crippen LogP contribution in [-0.2, 0) is 9.59 Å². The van der Waals surface area contributed by atoms with Crippen molar-refractivity contribution in [3.05, 3.63) is 35.9 Å². The minimum absolute atomic E-state index is 0.131. The number of carboxylic acids is 2. The lowest BCUT2D eigenvalue weighted by Gasteiger charge is -2.28. The van der Waals surface area contributed by atoms with Crippen LogP contribution in [0.1, 0.15) is 30.1 Å². The molecule has 0 saturated carbocycles. The van der Waals surface area contributed by atoms with Crippen LogP contribution in [0.3, 0.4) is 0 Å². The smallest absolute Gasteiger partial charge is 0.326 e. The molecule has 20 heavy (non-hydrogen) atoms. The van der Waals surface area contributed by atoms with Crippen molar-refractivity contribution in [1.82, 2.24) is 4.90 Å². The van der Waals surface area contributed by atoms with Gasteiger partial charge in [0.2, 0.25) is 0 Å². The van der Waals surface area contributed by atoms with Crippen LogP contribution in [0.5, 0.6) is 0 Å². The van der Waals surface area contributed by atoms with Crippen LogP contribution < -0.4 is 0 Å². The minimum Gasteiger partial charge on any atom is -0.481 e. The molecule has 0 aliphatic carbocycles. The fraction of sp³-hybridized carbons (Fsp3) is 0.357. The van der Waals surface area contributed by atoms with Crippen LogP contribution >= 0.6 is 0 Å². The van der Waals surface area contributed by atoms with Gasteiger partial charge in [0.1, 0.15) is 6.04 Å². The molecule has 0 radical (unpaired) electrons. The summed E-state index contributed by atoms with van der Waals surface area (Å²) in [5.41, 5.74) is 0.345. The van der Waals surface area contributed by atoms with E-state index in [4.69, 9.17) is 10.2 Å². The summed E-state index contributed by atoms with van der Waals surface area (Å²) in [4.78, 5) is 35.3. The normalized spacial score (nSPS) is 11.7. The number of aliphatic carboxylic acids is 2. The van der Waals surface area contributed by atoms with Gasteiger partial charge in [-0.1, -0.05) is 25.1 Å². The summed E-state index contributed by atoms with van der Waals surface area (Å²) in [5, 5.41) is 17.9. The van der Waals surface area contributed by atoms with Gasteiger partial charge in [-0.25, -0.2) is 4.79 Å². The summed E-state index contributed by atoms with van der Waals surface area (Å²) in [6.07, 6.45) is -0.0735. The van der Waals surface area contributed by atoms with Crippen molar-refractivity contribution in [1.29, 1.82) is 0 Å². The highest BCUT2D eigenvalue weighted by atomic mass is 16.4. The van der Waals surface area contributed by atoms with Crippen molar-refractivity contribution in [2.45, 2.75) is 25.8 Å². The maximum atomic E-state index is 12.3. The minimum atomic E-state index is -1.14. The maximum absolute atomic E-state index is 12.3. The molecule has 0 spiro atoms. The summed E-state index contributed by atoms with van der Waals surface area (Å²) in [6, 6.07) is 7.21. The second-order valence-electron chi connectivity index (χ2n) is 4.27. The van der Waals surface area contributed by atoms with Crippen LogP contribution in [0.25, 0.3) is 0 Å². The van der Waals surface area contributed by atoms with Gasteiger partial charge in [0, 0.05) is 12.1 Å². The number of benzene rings is 1. The van der Waals surface area contributed by atoms with Crippen molar-refractivity contribution in [3.63, 3.8) is 0 Å². The number of carboxylic acid groups (broad SMARTS) is 2. The summed E-state index contributed by atoms with van der Waals surface area (Å²) in [5.74, 6) is -2.68. The lowest BCUT2D eigenvalue weighted by Crippen LogP contribution is -2.45. The van der Waals surface area contributed by atoms with E-state index in [2.05, 4.69) is 0 Å². The number of nitrogens with zero attached hydrogens (tertiary/aromatic N) is 1. The Morgan fingerprint density at radius 1 is 1.15 bits per heavy atom. The largest absolute Gasteiger partial charge is 0.481 e. The molecule has 1 aromatic carbocycles. The number of hydrogen-bond donors (Lipinski definition) is 2. The maximum Gasteiger partial charge on any atom is 0.326 e. The molecule has 1 amide bonds. The Labute approximate surface area is 116 Å². The highest BCUT2D eigenvalue weighted by Gasteiger charge is 2.29. The molecule has 1 rings (SSSR count). The Bertz CT molecular complexity index is 486. The first-order valence-corrected chi connectivity index (χ1v) is 6.28. The zero-order valence-corrected chi connectivity index (χ0v) is 11.2. The molecule has 0 aromatic heterocycles. The standard InChI is InChI=1S/C14H17NO5/c1-2-11(14(19)20)15(9-8-12(16)17)13(18)10-6-4-3-5-7-10/h3-7,11H,2,8-9H2,1H3,(H,16,17)(H,19,20). The van der Waals surface area contributed by atoms with Gasteiger partial charge in [-0.2, -0.15) is 0 Å². The topological polar surface area (TPSA) is 94.9 Å². The lowest BCUT2D eigenvalue weighted by atomic mass is 10.1. The van der Waals surface area contributed by atoms with Gasteiger partial charge < -0.3 is 15.1 Å². The van der Waals surface area contributed by atoms with E-state index in [1.807, 2.05) is 0 Å². The van der Waals surface area contributed by atoms with Crippen molar-refractivity contribution in [2.75, 3.05) is 6.54 Å². The van der Waals surface area contributed by atoms with Crippen LogP contribution in [0.15, 0.2) is 30.3 Å². The van der Waals surface area contributed by atoms with E-state index in [9.17, 15) is 14.4 Å². The SMILES string of the molecule is CCC(C(=O)O)N(CCC(=O)O)C(=O)c1ccccc1. The van der Waals surface area contributed by atoms with E-state index in [1.165, 1.54) is 0 Å². The first-order valence-electron chi connectivity index (χ1n) is 6.28. The van der Waals surface area contributed by atoms with E-state index in [-0.39, 0.29) is 19.4 Å². The number of carbonyl (C=O) groups excluding carboxylic acids is 1. The summed E-state index contributed by atoms with van der Waals surface area (Å²) in [6.45, 7) is 1.51. The quantitative estimate of drug-likeness (QED) is 0.788. The van der Waals surface area contributed by atoms with Gasteiger partial charge >= 0.3 is 11.9 Å². The Balaban J connectivity index is 3.00. The third kappa shape index (κ3) is 4.08. The number of hydrogen-bond acceptors (Lipinski definition) is 3. The van der Waals surface area contributed by atoms with Gasteiger partial charge in [-0.15, -0.1) is 0 Å². The molecular weight excluding hydrogens is 262 g/mol. The van der Waals surface area contributed by atoms with Gasteiger partial charge in [-0.3, -0.25) is 9.59 Å². The Morgan fingerprint density at radius 3 is 2.20 bits per heavy atom. The van der Waals surface area contributed by atoms with E-state index in [1.54, 1.807) is 37.3 Å². The third-order valence-corrected chi connectivity index (χ3v) is 2.90. The van der Waals surface area contributed by atoms with Crippen LogP contribution in [0, 0.1) is 0 Å². The highest BCUT2D eigenvalue weighted by Crippen LogP contribution is 2.12. The monoisotopic (exact) mass is 279 g/mol. The zero-order valence-electron chi connectivity index (χ0n) is 11.2. The molecule has 0 aliphatic rings. The molecule has 0 fully saturated rings. The second kappa shape index (κ2) is 7.28. The van der Waals surface area contributed by atoms with Gasteiger partial charge in [-0.05, 0) is 18.6 Å². The fourth-order valence-corrected chi connectivity index (χ4v) is 1.89. The first-order chi connectivity index (χ1) is 9.47. The molecule has 1 atom stereocenters. The highest BCUT2D eigenvalue weighted by molar-refractivity contribution is 5.96. The van der Waals surface area contributed by atoms with Gasteiger partial charge in [0.05, 0.1) is 6.42 Å². The van der Waals surface area contributed by atoms with E-state index in [0.29, 0.717) is 5.56 Å². The van der Waals surface area contributed by atoms with Crippen molar-refractivity contribution in [2.24, 2.45) is 0 Å². The average Bonchev–Trinajstić information content (AvgIpc) is 2.43. The Morgan fingerprint density at radius 2 is 1.75 bits per heavy atom. The summed E-state index contributed by atoms with van der Waals surface area (Å²) >= 11 is 0. The van der Waals surface area contributed by atoms with Crippen LogP contribution in [0.2, 0.25) is 0 Å². The molecule has 0 bridgehead atoms. The predicted octanol–water partition coefficient (Wildman–Crippen LogP) is 1.47. The molecule has 0 saturated heterocycles. The molecule has 6 nitrogen and oxygen atoms in total. The van der Waals surface area contributed by atoms with Gasteiger partial charge in [0.25, 0.3) is 5.91 Å².